The van der Waals surface area contributed by atoms with Crippen molar-refractivity contribution in [3.63, 3.8) is 0 Å². The number of hydrogen-bond acceptors (Lipinski definition) is 5. The Labute approximate surface area is 159 Å². The summed E-state index contributed by atoms with van der Waals surface area (Å²) in [6, 6.07) is 2.28. The van der Waals surface area contributed by atoms with Crippen molar-refractivity contribution in [3.05, 3.63) is 16.6 Å². The highest BCUT2D eigenvalue weighted by Gasteiger charge is 2.41. The lowest BCUT2D eigenvalue weighted by atomic mass is 9.92. The van der Waals surface area contributed by atoms with E-state index in [0.29, 0.717) is 23.1 Å². The Kier molecular flexibility index (Phi) is 4.36. The van der Waals surface area contributed by atoms with Crippen molar-refractivity contribution >= 4 is 39.1 Å². The van der Waals surface area contributed by atoms with Gasteiger partial charge >= 0.3 is 12.5 Å². The number of carboxylic acid groups (broad SMARTS) is 1. The van der Waals surface area contributed by atoms with Gasteiger partial charge in [-0.2, -0.15) is 4.98 Å². The summed E-state index contributed by atoms with van der Waals surface area (Å²) < 4.78 is 47.4. The largest absolute Gasteiger partial charge is 0.573 e. The fourth-order valence-corrected chi connectivity index (χ4v) is 4.37. The number of ether oxygens (including phenoxy) is 1. The lowest BCUT2D eigenvalue weighted by Gasteiger charge is -2.48. The molecule has 2 fully saturated rings. The molecule has 146 valence electrons. The van der Waals surface area contributed by atoms with E-state index < -0.39 is 18.2 Å². The van der Waals surface area contributed by atoms with Crippen LogP contribution in [0.25, 0.3) is 11.1 Å². The molecule has 27 heavy (non-hydrogen) atoms. The number of piperazine rings is 1. The van der Waals surface area contributed by atoms with Crippen LogP contribution in [-0.2, 0) is 0 Å². The van der Waals surface area contributed by atoms with Gasteiger partial charge in [0.1, 0.15) is 11.3 Å². The van der Waals surface area contributed by atoms with Crippen molar-refractivity contribution < 1.29 is 32.2 Å². The summed E-state index contributed by atoms with van der Waals surface area (Å²) in [6.07, 6.45) is -3.26. The van der Waals surface area contributed by atoms with Crippen LogP contribution in [-0.4, -0.2) is 52.6 Å². The number of fused-ring (bicyclic) bond motifs is 3. The van der Waals surface area contributed by atoms with Gasteiger partial charge in [0.15, 0.2) is 5.58 Å². The average molecular weight is 450 g/mol. The molecule has 0 spiro atoms. The van der Waals surface area contributed by atoms with Gasteiger partial charge in [0.05, 0.1) is 16.6 Å². The molecule has 4 rings (SSSR count). The second-order valence-corrected chi connectivity index (χ2v) is 7.49. The molecule has 3 heterocycles. The Balaban J connectivity index is 1.63. The van der Waals surface area contributed by atoms with Gasteiger partial charge < -0.3 is 19.2 Å². The molecule has 2 saturated heterocycles. The Bertz CT molecular complexity index is 874. The van der Waals surface area contributed by atoms with Crippen LogP contribution in [0, 0.1) is 0 Å². The number of rotatable bonds is 2. The van der Waals surface area contributed by atoms with Crippen molar-refractivity contribution in [2.75, 3.05) is 18.0 Å². The van der Waals surface area contributed by atoms with Crippen LogP contribution in [0.1, 0.15) is 19.3 Å². The molecule has 11 heteroatoms. The summed E-state index contributed by atoms with van der Waals surface area (Å²) in [5.74, 6) is -0.394. The number of carbonyl (C=O) groups is 1. The third-order valence-electron chi connectivity index (χ3n) is 4.86. The number of anilines is 1. The van der Waals surface area contributed by atoms with Crippen LogP contribution in [0.2, 0.25) is 0 Å². The second kappa shape index (κ2) is 6.47. The number of hydrogen-bond donors (Lipinski definition) is 1. The van der Waals surface area contributed by atoms with E-state index in [1.54, 1.807) is 0 Å². The SMILES string of the molecule is O=C(O)N1C2CCCC1CN(c1nc3cc(OC(F)(F)F)cc(Br)c3o1)C2. The molecule has 2 unspecified atom stereocenters. The highest BCUT2D eigenvalue weighted by Crippen LogP contribution is 2.36. The Morgan fingerprint density at radius 3 is 2.56 bits per heavy atom. The Morgan fingerprint density at radius 2 is 1.96 bits per heavy atom. The van der Waals surface area contributed by atoms with Gasteiger partial charge in [-0.3, -0.25) is 4.90 Å². The molecule has 1 aromatic carbocycles. The molecule has 2 aliphatic heterocycles. The van der Waals surface area contributed by atoms with E-state index in [1.165, 1.54) is 11.0 Å². The van der Waals surface area contributed by atoms with Crippen molar-refractivity contribution in [1.82, 2.24) is 9.88 Å². The second-order valence-electron chi connectivity index (χ2n) is 6.63. The standard InChI is InChI=1S/C16H15BrF3N3O4/c17-11-4-10(27-16(18,19)20)5-12-13(11)26-14(21-12)22-6-8-2-1-3-9(7-22)23(8)15(24)25/h4-5,8-9H,1-3,6-7H2,(H,24,25). The van der Waals surface area contributed by atoms with Crippen LogP contribution in [0.5, 0.6) is 5.75 Å². The first-order valence-corrected chi connectivity index (χ1v) is 9.12. The van der Waals surface area contributed by atoms with Crippen molar-refractivity contribution in [2.45, 2.75) is 37.7 Å². The molecular formula is C16H15BrF3N3O4. The van der Waals surface area contributed by atoms with Crippen LogP contribution in [0.4, 0.5) is 24.0 Å². The summed E-state index contributed by atoms with van der Waals surface area (Å²) in [5.41, 5.74) is 0.537. The summed E-state index contributed by atoms with van der Waals surface area (Å²) in [5, 5.41) is 9.43. The first kappa shape index (κ1) is 18.2. The summed E-state index contributed by atoms with van der Waals surface area (Å²) >= 11 is 3.18. The van der Waals surface area contributed by atoms with E-state index in [4.69, 9.17) is 4.42 Å². The number of amides is 1. The molecule has 2 aromatic rings. The predicted octanol–water partition coefficient (Wildman–Crippen LogP) is 4.21. The molecule has 2 atom stereocenters. The number of benzene rings is 1. The lowest BCUT2D eigenvalue weighted by Crippen LogP contribution is -2.62. The number of piperidine rings is 1. The normalized spacial score (nSPS) is 23.0. The minimum Gasteiger partial charge on any atom is -0.465 e. The fraction of sp³-hybridized carbons (Fsp3) is 0.500. The lowest BCUT2D eigenvalue weighted by molar-refractivity contribution is -0.274. The van der Waals surface area contributed by atoms with Crippen molar-refractivity contribution in [1.29, 1.82) is 0 Å². The van der Waals surface area contributed by atoms with Crippen LogP contribution < -0.4 is 9.64 Å². The van der Waals surface area contributed by atoms with Gasteiger partial charge in [-0.15, -0.1) is 13.2 Å². The third kappa shape index (κ3) is 3.52. The molecule has 2 bridgehead atoms. The topological polar surface area (TPSA) is 79.0 Å². The molecular weight excluding hydrogens is 435 g/mol. The van der Waals surface area contributed by atoms with Crippen molar-refractivity contribution in [2.24, 2.45) is 0 Å². The zero-order chi connectivity index (χ0) is 19.3. The maximum absolute atomic E-state index is 12.5. The Morgan fingerprint density at radius 1 is 1.30 bits per heavy atom. The maximum atomic E-state index is 12.5. The first-order chi connectivity index (χ1) is 12.7. The smallest absolute Gasteiger partial charge is 0.465 e. The minimum atomic E-state index is -4.80. The van der Waals surface area contributed by atoms with Crippen LogP contribution in [0.3, 0.4) is 0 Å². The first-order valence-electron chi connectivity index (χ1n) is 8.33. The Hall–Kier alpha value is -2.17. The van der Waals surface area contributed by atoms with E-state index in [9.17, 15) is 23.1 Å². The van der Waals surface area contributed by atoms with E-state index >= 15 is 0 Å². The molecule has 1 aromatic heterocycles. The van der Waals surface area contributed by atoms with E-state index in [-0.39, 0.29) is 23.6 Å². The van der Waals surface area contributed by atoms with Gasteiger partial charge in [0, 0.05) is 19.2 Å². The molecule has 1 N–H and O–H groups in total. The van der Waals surface area contributed by atoms with E-state index in [1.807, 2.05) is 4.90 Å². The van der Waals surface area contributed by atoms with Crippen molar-refractivity contribution in [3.8, 4) is 5.75 Å². The number of halogens is 4. The fourth-order valence-electron chi connectivity index (χ4n) is 3.86. The number of oxazole rings is 1. The van der Waals surface area contributed by atoms with Gasteiger partial charge in [0.25, 0.3) is 6.01 Å². The highest BCUT2D eigenvalue weighted by atomic mass is 79.9. The van der Waals surface area contributed by atoms with E-state index in [2.05, 4.69) is 25.7 Å². The maximum Gasteiger partial charge on any atom is 0.573 e. The number of aromatic nitrogens is 1. The van der Waals surface area contributed by atoms with Gasteiger partial charge in [-0.25, -0.2) is 4.79 Å². The van der Waals surface area contributed by atoms with Gasteiger partial charge in [-0.05, 0) is 41.3 Å². The molecule has 1 amide bonds. The molecule has 0 saturated carbocycles. The number of nitrogens with zero attached hydrogens (tertiary/aromatic N) is 3. The molecule has 0 aliphatic carbocycles. The van der Waals surface area contributed by atoms with Crippen LogP contribution in [0.15, 0.2) is 21.0 Å². The zero-order valence-corrected chi connectivity index (χ0v) is 15.5. The third-order valence-corrected chi connectivity index (χ3v) is 5.44. The van der Waals surface area contributed by atoms with Crippen LogP contribution >= 0.6 is 15.9 Å². The summed E-state index contributed by atoms with van der Waals surface area (Å²) in [4.78, 5) is 19.2. The molecule has 0 radical (unpaired) electrons. The van der Waals surface area contributed by atoms with Gasteiger partial charge in [0.2, 0.25) is 0 Å². The predicted molar refractivity (Wildman–Crippen MR) is 91.9 cm³/mol. The quantitative estimate of drug-likeness (QED) is 0.739. The average Bonchev–Trinajstić information content (AvgIpc) is 2.96. The molecule has 7 nitrogen and oxygen atoms in total. The summed E-state index contributed by atoms with van der Waals surface area (Å²) in [6.45, 7) is 0.859. The highest BCUT2D eigenvalue weighted by molar-refractivity contribution is 9.10. The zero-order valence-electron chi connectivity index (χ0n) is 13.9. The molecule has 2 aliphatic rings. The number of alkyl halides is 3. The minimum absolute atomic E-state index is 0.155. The van der Waals surface area contributed by atoms with Gasteiger partial charge in [-0.1, -0.05) is 0 Å². The van der Waals surface area contributed by atoms with E-state index in [0.717, 1.165) is 25.3 Å². The summed E-state index contributed by atoms with van der Waals surface area (Å²) in [7, 11) is 0. The monoisotopic (exact) mass is 449 g/mol.